The Morgan fingerprint density at radius 2 is 2.08 bits per heavy atom. The number of pyridine rings is 2. The van der Waals surface area contributed by atoms with Crippen LogP contribution in [0.25, 0.3) is 21.9 Å². The molecule has 1 aliphatic carbocycles. The Labute approximate surface area is 146 Å². The zero-order valence-electron chi connectivity index (χ0n) is 14.4. The van der Waals surface area contributed by atoms with Crippen molar-refractivity contribution in [1.29, 1.82) is 0 Å². The lowest BCUT2D eigenvalue weighted by molar-refractivity contribution is -0.0991. The van der Waals surface area contributed by atoms with Crippen LogP contribution >= 0.6 is 0 Å². The summed E-state index contributed by atoms with van der Waals surface area (Å²) >= 11 is 0. The molecule has 4 heterocycles. The third-order valence-corrected chi connectivity index (χ3v) is 5.77. The van der Waals surface area contributed by atoms with Crippen LogP contribution in [0.2, 0.25) is 0 Å². The predicted octanol–water partition coefficient (Wildman–Crippen LogP) is 2.10. The number of aliphatic hydroxyl groups is 1. The minimum Gasteiger partial charge on any atom is -0.394 e. The van der Waals surface area contributed by atoms with Crippen LogP contribution in [-0.4, -0.2) is 52.0 Å². The first-order valence-corrected chi connectivity index (χ1v) is 8.86. The standard InChI is InChI=1S/C19H22N4O2/c1-22-16-4-5-20-10-15(16)14-2-3-17(21-18(14)22)23-11-19(12-23)8-13(9-19)25-7-6-24/h2-5,10,13,24H,6-9,11-12H2,1H3. The molecular weight excluding hydrogens is 316 g/mol. The van der Waals surface area contributed by atoms with E-state index in [4.69, 9.17) is 14.8 Å². The number of rotatable bonds is 4. The molecule has 6 heteroatoms. The van der Waals surface area contributed by atoms with Crippen LogP contribution in [-0.2, 0) is 11.8 Å². The number of hydrogen-bond donors (Lipinski definition) is 1. The Hall–Kier alpha value is -2.18. The van der Waals surface area contributed by atoms with Crippen LogP contribution in [0, 0.1) is 5.41 Å². The van der Waals surface area contributed by atoms with Gasteiger partial charge in [0.05, 0.1) is 24.8 Å². The smallest absolute Gasteiger partial charge is 0.143 e. The summed E-state index contributed by atoms with van der Waals surface area (Å²) in [6.07, 6.45) is 6.28. The highest BCUT2D eigenvalue weighted by Gasteiger charge is 2.53. The van der Waals surface area contributed by atoms with Gasteiger partial charge in [0, 0.05) is 48.7 Å². The average Bonchev–Trinajstić information content (AvgIpc) is 2.85. The van der Waals surface area contributed by atoms with Crippen LogP contribution < -0.4 is 4.90 Å². The number of hydrogen-bond acceptors (Lipinski definition) is 5. The fourth-order valence-electron chi connectivity index (χ4n) is 4.51. The van der Waals surface area contributed by atoms with Gasteiger partial charge in [-0.05, 0) is 31.0 Å². The molecule has 0 atom stereocenters. The lowest BCUT2D eigenvalue weighted by Gasteiger charge is -2.59. The van der Waals surface area contributed by atoms with Crippen molar-refractivity contribution in [1.82, 2.24) is 14.5 Å². The maximum atomic E-state index is 8.84. The summed E-state index contributed by atoms with van der Waals surface area (Å²) in [5.74, 6) is 1.05. The fourth-order valence-corrected chi connectivity index (χ4v) is 4.51. The van der Waals surface area contributed by atoms with Crippen molar-refractivity contribution in [2.24, 2.45) is 12.5 Å². The Morgan fingerprint density at radius 1 is 1.24 bits per heavy atom. The molecule has 1 N–H and O–H groups in total. The molecule has 3 aromatic rings. The van der Waals surface area contributed by atoms with Gasteiger partial charge in [0.25, 0.3) is 0 Å². The molecule has 1 saturated carbocycles. The molecule has 5 rings (SSSR count). The lowest BCUT2D eigenvalue weighted by Crippen LogP contribution is -2.64. The van der Waals surface area contributed by atoms with Crippen molar-refractivity contribution >= 4 is 27.8 Å². The highest BCUT2D eigenvalue weighted by molar-refractivity contribution is 6.06. The van der Waals surface area contributed by atoms with Crippen molar-refractivity contribution in [3.8, 4) is 0 Å². The van der Waals surface area contributed by atoms with Crippen LogP contribution in [0.5, 0.6) is 0 Å². The Bertz CT molecular complexity index is 937. The molecule has 130 valence electrons. The van der Waals surface area contributed by atoms with Gasteiger partial charge in [-0.3, -0.25) is 4.98 Å². The van der Waals surface area contributed by atoms with Gasteiger partial charge in [-0.15, -0.1) is 0 Å². The van der Waals surface area contributed by atoms with Crippen LogP contribution in [0.3, 0.4) is 0 Å². The van der Waals surface area contributed by atoms with Gasteiger partial charge in [0.2, 0.25) is 0 Å². The van der Waals surface area contributed by atoms with Gasteiger partial charge in [-0.25, -0.2) is 4.98 Å². The second-order valence-corrected chi connectivity index (χ2v) is 7.47. The van der Waals surface area contributed by atoms with Crippen molar-refractivity contribution in [2.75, 3.05) is 31.2 Å². The molecule has 1 saturated heterocycles. The highest BCUT2D eigenvalue weighted by atomic mass is 16.5. The first-order valence-electron chi connectivity index (χ1n) is 8.86. The number of fused-ring (bicyclic) bond motifs is 3. The highest BCUT2D eigenvalue weighted by Crippen LogP contribution is 2.50. The molecule has 3 aromatic heterocycles. The average molecular weight is 338 g/mol. The zero-order chi connectivity index (χ0) is 17.0. The third kappa shape index (κ3) is 2.24. The number of nitrogens with zero attached hydrogens (tertiary/aromatic N) is 4. The van der Waals surface area contributed by atoms with Crippen LogP contribution in [0.15, 0.2) is 30.6 Å². The van der Waals surface area contributed by atoms with Crippen molar-refractivity contribution in [2.45, 2.75) is 18.9 Å². The molecule has 0 amide bonds. The molecule has 1 aliphatic heterocycles. The molecular formula is C19H22N4O2. The van der Waals surface area contributed by atoms with Gasteiger partial charge in [0.15, 0.2) is 0 Å². The first-order chi connectivity index (χ1) is 12.2. The molecule has 25 heavy (non-hydrogen) atoms. The summed E-state index contributed by atoms with van der Waals surface area (Å²) in [6.45, 7) is 2.67. The molecule has 0 aromatic carbocycles. The first kappa shape index (κ1) is 15.1. The zero-order valence-corrected chi connectivity index (χ0v) is 14.4. The van der Waals surface area contributed by atoms with Crippen molar-refractivity contribution in [3.63, 3.8) is 0 Å². The Kier molecular flexibility index (Phi) is 3.27. The number of aromatic nitrogens is 3. The summed E-state index contributed by atoms with van der Waals surface area (Å²) in [5.41, 5.74) is 2.58. The SMILES string of the molecule is Cn1c2ccncc2c2ccc(N3CC4(CC(OCCO)C4)C3)nc21. The molecule has 0 unspecified atom stereocenters. The van der Waals surface area contributed by atoms with E-state index in [1.54, 1.807) is 0 Å². The van der Waals surface area contributed by atoms with Gasteiger partial charge in [-0.1, -0.05) is 0 Å². The summed E-state index contributed by atoms with van der Waals surface area (Å²) in [5, 5.41) is 11.2. The van der Waals surface area contributed by atoms with E-state index in [1.807, 2.05) is 18.5 Å². The van der Waals surface area contributed by atoms with E-state index in [0.29, 0.717) is 18.1 Å². The van der Waals surface area contributed by atoms with E-state index in [9.17, 15) is 0 Å². The quantitative estimate of drug-likeness (QED) is 0.789. The van der Waals surface area contributed by atoms with Gasteiger partial charge >= 0.3 is 0 Å². The molecule has 6 nitrogen and oxygen atoms in total. The number of aliphatic hydroxyl groups excluding tert-OH is 1. The predicted molar refractivity (Wildman–Crippen MR) is 96.7 cm³/mol. The summed E-state index contributed by atoms with van der Waals surface area (Å²) in [7, 11) is 2.06. The molecule has 0 bridgehead atoms. The van der Waals surface area contributed by atoms with E-state index in [2.05, 4.69) is 33.6 Å². The molecule has 2 fully saturated rings. The van der Waals surface area contributed by atoms with Gasteiger partial charge in [-0.2, -0.15) is 0 Å². The van der Waals surface area contributed by atoms with Crippen molar-refractivity contribution < 1.29 is 9.84 Å². The maximum absolute atomic E-state index is 8.84. The van der Waals surface area contributed by atoms with Crippen LogP contribution in [0.1, 0.15) is 12.8 Å². The minimum absolute atomic E-state index is 0.111. The second kappa shape index (κ2) is 5.41. The largest absolute Gasteiger partial charge is 0.394 e. The van der Waals surface area contributed by atoms with Gasteiger partial charge < -0.3 is 19.3 Å². The number of aryl methyl sites for hydroxylation is 1. The Balaban J connectivity index is 1.35. The minimum atomic E-state index is 0.111. The maximum Gasteiger partial charge on any atom is 0.143 e. The van der Waals surface area contributed by atoms with Crippen molar-refractivity contribution in [3.05, 3.63) is 30.6 Å². The third-order valence-electron chi connectivity index (χ3n) is 5.77. The van der Waals surface area contributed by atoms with E-state index in [-0.39, 0.29) is 6.61 Å². The second-order valence-electron chi connectivity index (χ2n) is 7.47. The van der Waals surface area contributed by atoms with E-state index in [1.165, 1.54) is 0 Å². The summed E-state index contributed by atoms with van der Waals surface area (Å²) < 4.78 is 7.76. The Morgan fingerprint density at radius 3 is 2.88 bits per heavy atom. The van der Waals surface area contributed by atoms with E-state index >= 15 is 0 Å². The molecule has 2 aliphatic rings. The number of anilines is 1. The summed E-state index contributed by atoms with van der Waals surface area (Å²) in [6, 6.07) is 6.33. The summed E-state index contributed by atoms with van der Waals surface area (Å²) in [4.78, 5) is 11.5. The fraction of sp³-hybridized carbons (Fsp3) is 0.474. The lowest BCUT2D eigenvalue weighted by atomic mass is 9.62. The van der Waals surface area contributed by atoms with Gasteiger partial charge in [0.1, 0.15) is 11.5 Å². The van der Waals surface area contributed by atoms with Crippen LogP contribution in [0.4, 0.5) is 5.82 Å². The van der Waals surface area contributed by atoms with E-state index < -0.39 is 0 Å². The van der Waals surface area contributed by atoms with E-state index in [0.717, 1.165) is 53.7 Å². The molecule has 0 radical (unpaired) electrons. The number of ether oxygens (including phenoxy) is 1. The monoisotopic (exact) mass is 338 g/mol. The topological polar surface area (TPSA) is 63.4 Å². The normalized spacial score (nSPS) is 19.5. The molecule has 1 spiro atoms.